The maximum Gasteiger partial charge on any atom is 0.0602 e. The molecule has 1 aliphatic rings. The van der Waals surface area contributed by atoms with E-state index in [0.29, 0.717) is 6.04 Å². The number of aliphatic hydroxyl groups is 1. The summed E-state index contributed by atoms with van der Waals surface area (Å²) in [5.74, 6) is 0. The average molecular weight is 244 g/mol. The summed E-state index contributed by atoms with van der Waals surface area (Å²) >= 11 is 0. The number of hydrogen-bond acceptors (Lipinski definition) is 4. The van der Waals surface area contributed by atoms with Crippen LogP contribution in [0.3, 0.4) is 0 Å². The Morgan fingerprint density at radius 2 is 1.88 bits per heavy atom. The number of likely N-dealkylation sites (N-methyl/N-ethyl adjacent to an activating group) is 1. The molecule has 1 fully saturated rings. The largest absolute Gasteiger partial charge is 0.395 e. The highest BCUT2D eigenvalue weighted by atomic mass is 16.5. The van der Waals surface area contributed by atoms with Crippen molar-refractivity contribution in [3.63, 3.8) is 0 Å². The van der Waals surface area contributed by atoms with E-state index >= 15 is 0 Å². The predicted molar refractivity (Wildman–Crippen MR) is 69.9 cm³/mol. The van der Waals surface area contributed by atoms with E-state index in [0.717, 1.165) is 26.1 Å². The van der Waals surface area contributed by atoms with Crippen LogP contribution in [0.5, 0.6) is 0 Å². The Bertz CT molecular complexity index is 222. The van der Waals surface area contributed by atoms with Gasteiger partial charge in [-0.25, -0.2) is 0 Å². The van der Waals surface area contributed by atoms with Crippen LogP contribution in [0.4, 0.5) is 0 Å². The minimum Gasteiger partial charge on any atom is -0.395 e. The number of hydrogen-bond donors (Lipinski definition) is 2. The van der Waals surface area contributed by atoms with Gasteiger partial charge in [-0.1, -0.05) is 20.8 Å². The number of nitrogens with zero attached hydrogens (tertiary/aromatic N) is 1. The van der Waals surface area contributed by atoms with Gasteiger partial charge in [-0.3, -0.25) is 4.90 Å². The second-order valence-corrected chi connectivity index (χ2v) is 6.15. The molecule has 0 aromatic rings. The highest BCUT2D eigenvalue weighted by Crippen LogP contribution is 2.25. The highest BCUT2D eigenvalue weighted by molar-refractivity contribution is 4.91. The van der Waals surface area contributed by atoms with Gasteiger partial charge in [-0.05, 0) is 25.3 Å². The van der Waals surface area contributed by atoms with Gasteiger partial charge in [-0.2, -0.15) is 0 Å². The number of ether oxygens (including phenoxy) is 1. The quantitative estimate of drug-likeness (QED) is 0.769. The molecule has 0 saturated carbocycles. The van der Waals surface area contributed by atoms with Crippen LogP contribution in [0.2, 0.25) is 0 Å². The van der Waals surface area contributed by atoms with Crippen molar-refractivity contribution >= 4 is 0 Å². The Morgan fingerprint density at radius 1 is 1.35 bits per heavy atom. The topological polar surface area (TPSA) is 58.7 Å². The Hall–Kier alpha value is -0.160. The molecular weight excluding hydrogens is 216 g/mol. The van der Waals surface area contributed by atoms with Crippen molar-refractivity contribution in [3.05, 3.63) is 0 Å². The van der Waals surface area contributed by atoms with Gasteiger partial charge in [0.25, 0.3) is 0 Å². The third-order valence-electron chi connectivity index (χ3n) is 3.89. The average Bonchev–Trinajstić information content (AvgIpc) is 2.29. The fourth-order valence-electron chi connectivity index (χ4n) is 2.44. The lowest BCUT2D eigenvalue weighted by Gasteiger charge is -2.42. The maximum absolute atomic E-state index is 9.61. The number of aliphatic hydroxyl groups excluding tert-OH is 1. The molecule has 1 heterocycles. The fourth-order valence-corrected chi connectivity index (χ4v) is 2.44. The van der Waals surface area contributed by atoms with E-state index in [1.54, 1.807) is 0 Å². The molecule has 4 heteroatoms. The van der Waals surface area contributed by atoms with Crippen LogP contribution in [0, 0.1) is 5.41 Å². The van der Waals surface area contributed by atoms with E-state index in [4.69, 9.17) is 10.5 Å². The molecule has 1 rings (SSSR count). The van der Waals surface area contributed by atoms with Gasteiger partial charge in [0.15, 0.2) is 0 Å². The first kappa shape index (κ1) is 14.9. The van der Waals surface area contributed by atoms with Crippen molar-refractivity contribution in [3.8, 4) is 0 Å². The molecule has 0 aromatic carbocycles. The summed E-state index contributed by atoms with van der Waals surface area (Å²) in [6.07, 6.45) is 2.06. The molecule has 0 aromatic heterocycles. The molecule has 0 aliphatic carbocycles. The summed E-state index contributed by atoms with van der Waals surface area (Å²) < 4.78 is 5.37. The third-order valence-corrected chi connectivity index (χ3v) is 3.89. The normalized spacial score (nSPS) is 22.8. The summed E-state index contributed by atoms with van der Waals surface area (Å²) in [7, 11) is 2.07. The van der Waals surface area contributed by atoms with Gasteiger partial charge in [0, 0.05) is 31.3 Å². The Kier molecular flexibility index (Phi) is 5.38. The van der Waals surface area contributed by atoms with E-state index in [2.05, 4.69) is 32.7 Å². The molecule has 17 heavy (non-hydrogen) atoms. The SMILES string of the molecule is CN(C1CCOCC1)C(CO)C(N)C(C)(C)C. The molecule has 102 valence electrons. The zero-order chi connectivity index (χ0) is 13.1. The van der Waals surface area contributed by atoms with Crippen LogP contribution in [0.25, 0.3) is 0 Å². The molecule has 1 aliphatic heterocycles. The van der Waals surface area contributed by atoms with Crippen molar-refractivity contribution in [2.75, 3.05) is 26.9 Å². The molecule has 0 amide bonds. The second kappa shape index (κ2) is 6.14. The van der Waals surface area contributed by atoms with E-state index < -0.39 is 0 Å². The zero-order valence-electron chi connectivity index (χ0n) is 11.6. The van der Waals surface area contributed by atoms with E-state index in [-0.39, 0.29) is 24.1 Å². The standard InChI is InChI=1S/C13H28N2O2/c1-13(2,3)12(14)11(9-16)15(4)10-5-7-17-8-6-10/h10-12,16H,5-9,14H2,1-4H3. The summed E-state index contributed by atoms with van der Waals surface area (Å²) in [6.45, 7) is 8.12. The van der Waals surface area contributed by atoms with E-state index in [1.165, 1.54) is 0 Å². The molecule has 0 radical (unpaired) electrons. The molecule has 2 unspecified atom stereocenters. The van der Waals surface area contributed by atoms with Gasteiger partial charge >= 0.3 is 0 Å². The van der Waals surface area contributed by atoms with Gasteiger partial charge in [0.2, 0.25) is 0 Å². The number of nitrogens with two attached hydrogens (primary N) is 1. The van der Waals surface area contributed by atoms with Crippen LogP contribution in [-0.4, -0.2) is 55.0 Å². The van der Waals surface area contributed by atoms with E-state index in [1.807, 2.05) is 0 Å². The van der Waals surface area contributed by atoms with Gasteiger partial charge in [0.1, 0.15) is 0 Å². The maximum atomic E-state index is 9.61. The summed E-state index contributed by atoms with van der Waals surface area (Å²) in [6, 6.07) is 0.479. The molecule has 4 nitrogen and oxygen atoms in total. The first-order valence-corrected chi connectivity index (χ1v) is 6.54. The van der Waals surface area contributed by atoms with Crippen LogP contribution in [-0.2, 0) is 4.74 Å². The molecule has 3 N–H and O–H groups in total. The van der Waals surface area contributed by atoms with Crippen molar-refractivity contribution in [1.82, 2.24) is 4.90 Å². The monoisotopic (exact) mass is 244 g/mol. The van der Waals surface area contributed by atoms with Gasteiger partial charge in [0.05, 0.1) is 6.61 Å². The molecule has 0 spiro atoms. The first-order chi connectivity index (χ1) is 7.88. The zero-order valence-corrected chi connectivity index (χ0v) is 11.6. The van der Waals surface area contributed by atoms with Crippen molar-refractivity contribution < 1.29 is 9.84 Å². The van der Waals surface area contributed by atoms with Crippen molar-refractivity contribution in [1.29, 1.82) is 0 Å². The molecule has 0 bridgehead atoms. The molecular formula is C13H28N2O2. The van der Waals surface area contributed by atoms with Crippen LogP contribution in [0.1, 0.15) is 33.6 Å². The second-order valence-electron chi connectivity index (χ2n) is 6.15. The van der Waals surface area contributed by atoms with Crippen LogP contribution < -0.4 is 5.73 Å². The minimum atomic E-state index is -0.0275. The van der Waals surface area contributed by atoms with E-state index in [9.17, 15) is 5.11 Å². The number of rotatable bonds is 4. The Labute approximate surface area is 105 Å². The lowest BCUT2D eigenvalue weighted by atomic mass is 9.82. The summed E-state index contributed by atoms with van der Waals surface area (Å²) in [5, 5.41) is 9.61. The Morgan fingerprint density at radius 3 is 2.29 bits per heavy atom. The first-order valence-electron chi connectivity index (χ1n) is 6.54. The predicted octanol–water partition coefficient (Wildman–Crippen LogP) is 0.832. The van der Waals surface area contributed by atoms with Gasteiger partial charge in [-0.15, -0.1) is 0 Å². The van der Waals surface area contributed by atoms with Crippen molar-refractivity contribution in [2.45, 2.75) is 51.7 Å². The van der Waals surface area contributed by atoms with Crippen molar-refractivity contribution in [2.24, 2.45) is 11.1 Å². The van der Waals surface area contributed by atoms with Crippen LogP contribution >= 0.6 is 0 Å². The lowest BCUT2D eigenvalue weighted by Crippen LogP contribution is -2.57. The summed E-state index contributed by atoms with van der Waals surface area (Å²) in [4.78, 5) is 2.25. The Balaban J connectivity index is 2.65. The molecule has 2 atom stereocenters. The fraction of sp³-hybridized carbons (Fsp3) is 1.00. The lowest BCUT2D eigenvalue weighted by molar-refractivity contribution is 0.000856. The summed E-state index contributed by atoms with van der Waals surface area (Å²) in [5.41, 5.74) is 6.29. The van der Waals surface area contributed by atoms with Crippen LogP contribution in [0.15, 0.2) is 0 Å². The highest BCUT2D eigenvalue weighted by Gasteiger charge is 2.34. The third kappa shape index (κ3) is 3.91. The minimum absolute atomic E-state index is 0.00677. The van der Waals surface area contributed by atoms with Gasteiger partial charge < -0.3 is 15.6 Å². The smallest absolute Gasteiger partial charge is 0.0602 e. The molecule has 1 saturated heterocycles.